The number of ether oxygens (including phenoxy) is 1. The van der Waals surface area contributed by atoms with Gasteiger partial charge in [-0.3, -0.25) is 4.79 Å². The normalized spacial score (nSPS) is 15.1. The summed E-state index contributed by atoms with van der Waals surface area (Å²) in [5.41, 5.74) is 5.98. The maximum absolute atomic E-state index is 14.1. The van der Waals surface area contributed by atoms with E-state index in [4.69, 9.17) is 27.9 Å². The zero-order valence-corrected chi connectivity index (χ0v) is 21.0. The number of anilines is 1. The third-order valence-electron chi connectivity index (χ3n) is 6.26. The first-order chi connectivity index (χ1) is 17.5. The van der Waals surface area contributed by atoms with Crippen LogP contribution in [0.5, 0.6) is 0 Å². The number of nitrogens with zero attached hydrogens (tertiary/aromatic N) is 1. The smallest absolute Gasteiger partial charge is 0.259 e. The molecule has 0 saturated carbocycles. The molecule has 0 fully saturated rings. The quantitative estimate of drug-likeness (QED) is 0.219. The Morgan fingerprint density at radius 3 is 2.42 bits per heavy atom. The van der Waals surface area contributed by atoms with Gasteiger partial charge in [0.2, 0.25) is 0 Å². The second kappa shape index (κ2) is 10.3. The first-order valence-corrected chi connectivity index (χ1v) is 12.2. The topological polar surface area (TPSA) is 49.8 Å². The Morgan fingerprint density at radius 1 is 0.917 bits per heavy atom. The largest absolute Gasteiger partial charge is 0.364 e. The van der Waals surface area contributed by atoms with Crippen molar-refractivity contribution in [3.05, 3.63) is 135 Å². The van der Waals surface area contributed by atoms with Gasteiger partial charge in [0.1, 0.15) is 0 Å². The van der Waals surface area contributed by atoms with Crippen LogP contribution < -0.4 is 4.90 Å². The number of benzene rings is 4. The van der Waals surface area contributed by atoms with Gasteiger partial charge < -0.3 is 14.7 Å². The van der Waals surface area contributed by atoms with Gasteiger partial charge in [-0.1, -0.05) is 102 Å². The molecule has 1 heterocycles. The first-order valence-electron chi connectivity index (χ1n) is 11.4. The molecule has 180 valence electrons. The first kappa shape index (κ1) is 24.3. The van der Waals surface area contributed by atoms with Crippen LogP contribution in [-0.4, -0.2) is 18.1 Å². The number of hydrogen-bond acceptors (Lipinski definition) is 3. The van der Waals surface area contributed by atoms with Crippen molar-refractivity contribution in [1.29, 1.82) is 0 Å². The van der Waals surface area contributed by atoms with Crippen LogP contribution >= 0.6 is 23.2 Å². The summed E-state index contributed by atoms with van der Waals surface area (Å²) in [7, 11) is 1.45. The maximum atomic E-state index is 14.1. The number of carbonyl (C=O) groups is 1. The Hall–Kier alpha value is -3.41. The molecule has 1 aliphatic rings. The molecule has 1 N–H and O–H groups in total. The molecule has 0 spiro atoms. The fourth-order valence-corrected chi connectivity index (χ4v) is 4.97. The molecule has 4 aromatic rings. The van der Waals surface area contributed by atoms with Gasteiger partial charge in [0.15, 0.2) is 6.29 Å². The number of rotatable bonds is 6. The molecular formula is C30H23Cl2NO3. The number of methoxy groups -OCH3 is 1. The van der Waals surface area contributed by atoms with Crippen LogP contribution in [0.4, 0.5) is 5.69 Å². The summed E-state index contributed by atoms with van der Waals surface area (Å²) in [6, 6.07) is 30.3. The van der Waals surface area contributed by atoms with E-state index in [0.717, 1.165) is 28.0 Å². The molecule has 0 bridgehead atoms. The number of hydrogen-bond donors (Lipinski definition) is 1. The highest BCUT2D eigenvalue weighted by Gasteiger charge is 2.35. The van der Waals surface area contributed by atoms with Crippen molar-refractivity contribution < 1.29 is 14.6 Å². The highest BCUT2D eigenvalue weighted by Crippen LogP contribution is 2.45. The Bertz CT molecular complexity index is 1470. The molecule has 0 radical (unpaired) electrons. The van der Waals surface area contributed by atoms with E-state index in [1.165, 1.54) is 7.11 Å². The molecule has 5 rings (SSSR count). The number of amides is 1. The number of aliphatic hydroxyl groups is 1. The fraction of sp³-hybridized carbons (Fsp3) is 0.100. The molecule has 1 amide bonds. The van der Waals surface area contributed by atoms with Gasteiger partial charge in [0.05, 0.1) is 27.9 Å². The standard InChI is InChI=1S/C30H23Cl2NO3/c1-36-30(35)21-12-7-9-19(17-21)18-33-25-16-6-5-13-22(25)27(29(33)34)26(20-10-3-2-4-11-20)23-14-8-15-24(31)28(23)32/h2-17,30,35H,18H2,1H3. The van der Waals surface area contributed by atoms with Crippen molar-refractivity contribution in [3.63, 3.8) is 0 Å². The van der Waals surface area contributed by atoms with E-state index >= 15 is 0 Å². The van der Waals surface area contributed by atoms with Crippen LogP contribution in [0.25, 0.3) is 11.1 Å². The average molecular weight is 516 g/mol. The van der Waals surface area contributed by atoms with Crippen molar-refractivity contribution in [2.75, 3.05) is 12.0 Å². The minimum absolute atomic E-state index is 0.135. The number of carbonyl (C=O) groups excluding carboxylic acids is 1. The lowest BCUT2D eigenvalue weighted by Gasteiger charge is -2.19. The van der Waals surface area contributed by atoms with Gasteiger partial charge in [-0.2, -0.15) is 0 Å². The van der Waals surface area contributed by atoms with Crippen LogP contribution in [0.3, 0.4) is 0 Å². The van der Waals surface area contributed by atoms with Gasteiger partial charge in [-0.05, 0) is 29.3 Å². The molecule has 4 nitrogen and oxygen atoms in total. The van der Waals surface area contributed by atoms with E-state index in [-0.39, 0.29) is 5.91 Å². The van der Waals surface area contributed by atoms with Crippen LogP contribution in [0.1, 0.15) is 34.1 Å². The zero-order chi connectivity index (χ0) is 25.2. The highest BCUT2D eigenvalue weighted by molar-refractivity contribution is 6.45. The van der Waals surface area contributed by atoms with E-state index in [0.29, 0.717) is 33.3 Å². The van der Waals surface area contributed by atoms with Gasteiger partial charge in [0.25, 0.3) is 5.91 Å². The Morgan fingerprint density at radius 2 is 1.64 bits per heavy atom. The maximum Gasteiger partial charge on any atom is 0.259 e. The molecule has 1 aliphatic heterocycles. The lowest BCUT2D eigenvalue weighted by molar-refractivity contribution is -0.113. The minimum atomic E-state index is -1.03. The molecule has 1 unspecified atom stereocenters. The van der Waals surface area contributed by atoms with Gasteiger partial charge in [0, 0.05) is 29.4 Å². The third kappa shape index (κ3) is 4.45. The second-order valence-corrected chi connectivity index (χ2v) is 9.24. The molecular weight excluding hydrogens is 493 g/mol. The van der Waals surface area contributed by atoms with Crippen LogP contribution in [0.15, 0.2) is 97.1 Å². The summed E-state index contributed by atoms with van der Waals surface area (Å²) in [6.07, 6.45) is -1.03. The highest BCUT2D eigenvalue weighted by atomic mass is 35.5. The van der Waals surface area contributed by atoms with Gasteiger partial charge in [-0.15, -0.1) is 0 Å². The number of para-hydroxylation sites is 1. The molecule has 0 aromatic heterocycles. The Labute approximate surface area is 220 Å². The fourth-order valence-electron chi connectivity index (χ4n) is 4.58. The molecule has 4 aromatic carbocycles. The predicted molar refractivity (Wildman–Crippen MR) is 145 cm³/mol. The van der Waals surface area contributed by atoms with E-state index in [1.807, 2.05) is 84.9 Å². The number of halogens is 2. The molecule has 36 heavy (non-hydrogen) atoms. The monoisotopic (exact) mass is 515 g/mol. The minimum Gasteiger partial charge on any atom is -0.364 e. The molecule has 0 aliphatic carbocycles. The molecule has 0 saturated heterocycles. The summed E-state index contributed by atoms with van der Waals surface area (Å²) in [5, 5.41) is 10.9. The van der Waals surface area contributed by atoms with Crippen molar-refractivity contribution in [1.82, 2.24) is 0 Å². The van der Waals surface area contributed by atoms with Gasteiger partial charge in [-0.25, -0.2) is 0 Å². The van der Waals surface area contributed by atoms with Crippen molar-refractivity contribution in [3.8, 4) is 0 Å². The van der Waals surface area contributed by atoms with Gasteiger partial charge >= 0.3 is 0 Å². The lowest BCUT2D eigenvalue weighted by Crippen LogP contribution is -2.26. The van der Waals surface area contributed by atoms with Crippen molar-refractivity contribution >= 4 is 45.9 Å². The van der Waals surface area contributed by atoms with E-state index in [2.05, 4.69) is 0 Å². The Kier molecular flexibility index (Phi) is 6.95. The molecule has 6 heteroatoms. The number of aliphatic hydroxyl groups excluding tert-OH is 1. The molecule has 1 atom stereocenters. The second-order valence-electron chi connectivity index (χ2n) is 8.46. The number of fused-ring (bicyclic) bond motifs is 1. The summed E-state index contributed by atoms with van der Waals surface area (Å²) >= 11 is 13.1. The summed E-state index contributed by atoms with van der Waals surface area (Å²) in [6.45, 7) is 0.328. The lowest BCUT2D eigenvalue weighted by atomic mass is 9.90. The van der Waals surface area contributed by atoms with E-state index < -0.39 is 6.29 Å². The predicted octanol–water partition coefficient (Wildman–Crippen LogP) is 7.14. The van der Waals surface area contributed by atoms with Crippen LogP contribution in [0.2, 0.25) is 10.0 Å². The van der Waals surface area contributed by atoms with Crippen molar-refractivity contribution in [2.24, 2.45) is 0 Å². The SMILES string of the molecule is COC(O)c1cccc(CN2C(=O)C(=C(c3ccccc3)c3cccc(Cl)c3Cl)c3ccccc32)c1. The van der Waals surface area contributed by atoms with Crippen LogP contribution in [0, 0.1) is 0 Å². The third-order valence-corrected chi connectivity index (χ3v) is 7.08. The average Bonchev–Trinajstić information content (AvgIpc) is 3.18. The summed E-state index contributed by atoms with van der Waals surface area (Å²) in [4.78, 5) is 15.9. The van der Waals surface area contributed by atoms with E-state index in [1.54, 1.807) is 17.0 Å². The Balaban J connectivity index is 1.69. The summed E-state index contributed by atoms with van der Waals surface area (Å²) < 4.78 is 5.05. The van der Waals surface area contributed by atoms with Crippen LogP contribution in [-0.2, 0) is 16.1 Å². The van der Waals surface area contributed by atoms with Crippen molar-refractivity contribution in [2.45, 2.75) is 12.8 Å². The van der Waals surface area contributed by atoms with E-state index in [9.17, 15) is 9.90 Å². The summed E-state index contributed by atoms with van der Waals surface area (Å²) in [5.74, 6) is -0.135. The zero-order valence-electron chi connectivity index (χ0n) is 19.5.